The third kappa shape index (κ3) is 3.12. The van der Waals surface area contributed by atoms with E-state index >= 15 is 0 Å². The molecule has 0 bridgehead atoms. The monoisotopic (exact) mass is 397 g/mol. The molecule has 2 saturated carbocycles. The molecule has 1 aromatic rings. The minimum absolute atomic E-state index is 0.0539. The topological polar surface area (TPSA) is 60.1 Å². The first kappa shape index (κ1) is 18.9. The fraction of sp³-hybridized carbons (Fsp3) is 0.609. The van der Waals surface area contributed by atoms with Crippen LogP contribution in [0.3, 0.4) is 0 Å². The van der Waals surface area contributed by atoms with E-state index in [1.807, 2.05) is 0 Å². The molecule has 0 amide bonds. The Hall–Kier alpha value is -2.10. The number of halogens is 1. The number of alkyl halides is 1. The summed E-state index contributed by atoms with van der Waals surface area (Å²) in [5, 5.41) is 1.58. The van der Waals surface area contributed by atoms with Crippen molar-refractivity contribution in [2.45, 2.75) is 70.1 Å². The van der Waals surface area contributed by atoms with Crippen LogP contribution in [0.2, 0.25) is 0 Å². The Kier molecular flexibility index (Phi) is 4.38. The molecule has 4 aliphatic rings. The normalized spacial score (nSPS) is 34.1. The molecule has 1 aromatic carbocycles. The first-order valence-corrected chi connectivity index (χ1v) is 10.6. The second kappa shape index (κ2) is 6.72. The van der Waals surface area contributed by atoms with Crippen molar-refractivity contribution in [1.29, 1.82) is 0 Å². The molecule has 3 aliphatic carbocycles. The minimum Gasteiger partial charge on any atom is -0.368 e. The van der Waals surface area contributed by atoms with Gasteiger partial charge in [-0.25, -0.2) is 19.3 Å². The van der Waals surface area contributed by atoms with Crippen molar-refractivity contribution in [3.8, 4) is 11.8 Å². The molecule has 29 heavy (non-hydrogen) atoms. The SMILES string of the molecule is CC(F)OC1CCC2(CC1)Cc1ccc(C#CC3CC3)cc1C21N=C(N)N(C)O1. The fourth-order valence-electron chi connectivity index (χ4n) is 5.19. The van der Waals surface area contributed by atoms with Crippen LogP contribution in [0.1, 0.15) is 62.1 Å². The van der Waals surface area contributed by atoms with Crippen LogP contribution in [0.5, 0.6) is 0 Å². The molecule has 2 atom stereocenters. The zero-order chi connectivity index (χ0) is 20.2. The average molecular weight is 397 g/mol. The van der Waals surface area contributed by atoms with E-state index in [0.29, 0.717) is 11.9 Å². The van der Waals surface area contributed by atoms with Crippen LogP contribution >= 0.6 is 0 Å². The van der Waals surface area contributed by atoms with Gasteiger partial charge >= 0.3 is 0 Å². The quantitative estimate of drug-likeness (QED) is 0.775. The smallest absolute Gasteiger partial charge is 0.220 e. The van der Waals surface area contributed by atoms with E-state index in [2.05, 4.69) is 30.0 Å². The zero-order valence-electron chi connectivity index (χ0n) is 17.1. The van der Waals surface area contributed by atoms with Crippen LogP contribution < -0.4 is 5.73 Å². The maximum Gasteiger partial charge on any atom is 0.220 e. The number of rotatable bonds is 2. The highest BCUT2D eigenvalue weighted by molar-refractivity contribution is 5.79. The zero-order valence-corrected chi connectivity index (χ0v) is 17.1. The van der Waals surface area contributed by atoms with Crippen molar-refractivity contribution in [2.75, 3.05) is 7.05 Å². The summed E-state index contributed by atoms with van der Waals surface area (Å²) in [6, 6.07) is 6.41. The highest BCUT2D eigenvalue weighted by Gasteiger charge is 2.63. The van der Waals surface area contributed by atoms with Crippen molar-refractivity contribution in [3.05, 3.63) is 34.9 Å². The molecule has 154 valence electrons. The molecule has 0 radical (unpaired) electrons. The number of fused-ring (bicyclic) bond motifs is 3. The number of hydrogen-bond acceptors (Lipinski definition) is 5. The summed E-state index contributed by atoms with van der Waals surface area (Å²) < 4.78 is 18.8. The van der Waals surface area contributed by atoms with Crippen LogP contribution in [0.15, 0.2) is 23.2 Å². The van der Waals surface area contributed by atoms with Gasteiger partial charge in [-0.15, -0.1) is 0 Å². The first-order valence-electron chi connectivity index (χ1n) is 10.6. The third-order valence-electron chi connectivity index (χ3n) is 6.85. The molecule has 2 spiro atoms. The van der Waals surface area contributed by atoms with Gasteiger partial charge in [-0.05, 0) is 69.6 Å². The van der Waals surface area contributed by atoms with E-state index < -0.39 is 12.1 Å². The third-order valence-corrected chi connectivity index (χ3v) is 6.85. The van der Waals surface area contributed by atoms with Crippen molar-refractivity contribution in [2.24, 2.45) is 22.1 Å². The lowest BCUT2D eigenvalue weighted by Gasteiger charge is -2.45. The molecule has 0 aromatic heterocycles. The van der Waals surface area contributed by atoms with Crippen LogP contribution in [0.25, 0.3) is 0 Å². The maximum atomic E-state index is 13.3. The van der Waals surface area contributed by atoms with Gasteiger partial charge in [0.15, 0.2) is 6.36 Å². The highest BCUT2D eigenvalue weighted by Crippen LogP contribution is 2.62. The van der Waals surface area contributed by atoms with E-state index in [-0.39, 0.29) is 11.5 Å². The Bertz CT molecular complexity index is 906. The summed E-state index contributed by atoms with van der Waals surface area (Å²) >= 11 is 0. The lowest BCUT2D eigenvalue weighted by atomic mass is 9.66. The Morgan fingerprint density at radius 3 is 2.69 bits per heavy atom. The number of hydrogen-bond donors (Lipinski definition) is 1. The van der Waals surface area contributed by atoms with Crippen LogP contribution in [-0.4, -0.2) is 30.5 Å². The molecule has 5 rings (SSSR count). The molecular formula is C23H28FN3O2. The van der Waals surface area contributed by atoms with Crippen molar-refractivity contribution in [1.82, 2.24) is 5.06 Å². The number of hydroxylamine groups is 2. The minimum atomic E-state index is -1.24. The summed E-state index contributed by atoms with van der Waals surface area (Å²) in [5.74, 6) is 7.61. The van der Waals surface area contributed by atoms with Crippen LogP contribution in [0.4, 0.5) is 4.39 Å². The van der Waals surface area contributed by atoms with Gasteiger partial charge in [0.1, 0.15) is 0 Å². The van der Waals surface area contributed by atoms with Crippen LogP contribution in [-0.2, 0) is 21.7 Å². The number of aliphatic imine (C=N–C) groups is 1. The van der Waals surface area contributed by atoms with E-state index in [1.54, 1.807) is 12.1 Å². The van der Waals surface area contributed by atoms with Gasteiger partial charge in [0.05, 0.1) is 6.10 Å². The summed E-state index contributed by atoms with van der Waals surface area (Å²) in [5.41, 5.74) is 8.46. The van der Waals surface area contributed by atoms with Gasteiger partial charge in [-0.1, -0.05) is 17.9 Å². The van der Waals surface area contributed by atoms with Gasteiger partial charge in [0.25, 0.3) is 0 Å². The van der Waals surface area contributed by atoms with Gasteiger partial charge in [-0.2, -0.15) is 0 Å². The number of ether oxygens (including phenoxy) is 1. The molecule has 0 saturated heterocycles. The molecule has 1 heterocycles. The maximum absolute atomic E-state index is 13.3. The lowest BCUT2D eigenvalue weighted by Crippen LogP contribution is -2.46. The summed E-state index contributed by atoms with van der Waals surface area (Å²) in [6.07, 6.45) is 5.30. The second-order valence-corrected chi connectivity index (χ2v) is 8.95. The van der Waals surface area contributed by atoms with Crippen LogP contribution in [0, 0.1) is 23.2 Å². The number of nitrogens with zero attached hydrogens (tertiary/aromatic N) is 2. The first-order chi connectivity index (χ1) is 13.9. The molecule has 2 unspecified atom stereocenters. The fourth-order valence-corrected chi connectivity index (χ4v) is 5.19. The second-order valence-electron chi connectivity index (χ2n) is 8.95. The van der Waals surface area contributed by atoms with E-state index in [1.165, 1.54) is 25.3 Å². The van der Waals surface area contributed by atoms with E-state index in [0.717, 1.165) is 43.2 Å². The Labute approximate surface area is 171 Å². The van der Waals surface area contributed by atoms with E-state index in [9.17, 15) is 4.39 Å². The van der Waals surface area contributed by atoms with Crippen molar-refractivity contribution in [3.63, 3.8) is 0 Å². The standard InChI is InChI=1S/C23H28FN3O2/c1-15(24)28-19-9-11-22(12-10-19)14-18-8-7-17(6-5-16-3-4-16)13-20(18)23(22)26-21(25)27(2)29-23/h7-8,13,15-16,19H,3-4,9-12,14H2,1-2H3,(H2,25,26). The van der Waals surface area contributed by atoms with Crippen molar-refractivity contribution < 1.29 is 14.0 Å². The lowest BCUT2D eigenvalue weighted by molar-refractivity contribution is -0.234. The molecule has 1 aliphatic heterocycles. The van der Waals surface area contributed by atoms with E-state index in [4.69, 9.17) is 20.3 Å². The molecule has 6 heteroatoms. The van der Waals surface area contributed by atoms with Gasteiger partial charge in [0.2, 0.25) is 11.7 Å². The number of guanidine groups is 1. The van der Waals surface area contributed by atoms with Gasteiger partial charge in [-0.3, -0.25) is 0 Å². The Morgan fingerprint density at radius 1 is 1.31 bits per heavy atom. The Morgan fingerprint density at radius 2 is 2.07 bits per heavy atom. The summed E-state index contributed by atoms with van der Waals surface area (Å²) in [4.78, 5) is 11.3. The Balaban J connectivity index is 1.51. The predicted molar refractivity (Wildman–Crippen MR) is 108 cm³/mol. The molecule has 2 N–H and O–H groups in total. The molecular weight excluding hydrogens is 369 g/mol. The molecule has 5 nitrogen and oxygen atoms in total. The van der Waals surface area contributed by atoms with Crippen molar-refractivity contribution >= 4 is 5.96 Å². The predicted octanol–water partition coefficient (Wildman–Crippen LogP) is 3.61. The largest absolute Gasteiger partial charge is 0.368 e. The number of benzene rings is 1. The summed E-state index contributed by atoms with van der Waals surface area (Å²) in [7, 11) is 1.80. The van der Waals surface area contributed by atoms with Gasteiger partial charge < -0.3 is 10.5 Å². The highest BCUT2D eigenvalue weighted by atomic mass is 19.1. The number of nitrogens with two attached hydrogens (primary N) is 1. The van der Waals surface area contributed by atoms with Gasteiger partial charge in [0, 0.05) is 29.5 Å². The molecule has 2 fully saturated rings. The average Bonchev–Trinajstić information content (AvgIpc) is 3.42. The summed E-state index contributed by atoms with van der Waals surface area (Å²) in [6.45, 7) is 1.45.